The van der Waals surface area contributed by atoms with Crippen LogP contribution in [0.2, 0.25) is 10.4 Å². The highest BCUT2D eigenvalue weighted by atomic mass is 35.5. The Kier molecular flexibility index (Phi) is 3.69. The van der Waals surface area contributed by atoms with Crippen LogP contribution >= 0.6 is 23.2 Å². The molecule has 92 valence electrons. The van der Waals surface area contributed by atoms with Crippen LogP contribution in [0.25, 0.3) is 0 Å². The predicted octanol–water partition coefficient (Wildman–Crippen LogP) is 2.08. The fourth-order valence-corrected chi connectivity index (χ4v) is 2.34. The van der Waals surface area contributed by atoms with Crippen molar-refractivity contribution in [1.82, 2.24) is 9.97 Å². The third-order valence-electron chi connectivity index (χ3n) is 2.88. The molecule has 1 aliphatic heterocycles. The highest BCUT2D eigenvalue weighted by Gasteiger charge is 2.25. The molecule has 0 bridgehead atoms. The summed E-state index contributed by atoms with van der Waals surface area (Å²) in [5, 5.41) is 9.31. The number of rotatable bonds is 2. The van der Waals surface area contributed by atoms with Gasteiger partial charge in [0.25, 0.3) is 0 Å². The maximum atomic E-state index is 10.8. The maximum Gasteiger partial charge on any atom is 0.306 e. The van der Waals surface area contributed by atoms with Gasteiger partial charge in [-0.3, -0.25) is 4.79 Å². The number of nitrogens with zero attached hydrogens (tertiary/aromatic N) is 3. The first-order chi connectivity index (χ1) is 8.08. The van der Waals surface area contributed by atoms with Crippen LogP contribution in [0.5, 0.6) is 0 Å². The molecule has 0 amide bonds. The lowest BCUT2D eigenvalue weighted by molar-refractivity contribution is -0.142. The highest BCUT2D eigenvalue weighted by Crippen LogP contribution is 2.28. The summed E-state index contributed by atoms with van der Waals surface area (Å²) in [5.41, 5.74) is 0.708. The van der Waals surface area contributed by atoms with Crippen LogP contribution < -0.4 is 4.90 Å². The smallest absolute Gasteiger partial charge is 0.306 e. The average molecular weight is 276 g/mol. The van der Waals surface area contributed by atoms with Gasteiger partial charge in [0.1, 0.15) is 0 Å². The zero-order valence-corrected chi connectivity index (χ0v) is 10.4. The third-order valence-corrected chi connectivity index (χ3v) is 3.34. The zero-order chi connectivity index (χ0) is 12.4. The monoisotopic (exact) mass is 275 g/mol. The Labute approximate surface area is 108 Å². The van der Waals surface area contributed by atoms with Crippen molar-refractivity contribution in [3.8, 4) is 0 Å². The topological polar surface area (TPSA) is 66.3 Å². The van der Waals surface area contributed by atoms with E-state index in [1.807, 2.05) is 4.90 Å². The number of hydrogen-bond acceptors (Lipinski definition) is 4. The minimum atomic E-state index is -0.733. The lowest BCUT2D eigenvalue weighted by Crippen LogP contribution is -2.36. The van der Waals surface area contributed by atoms with Crippen molar-refractivity contribution in [2.45, 2.75) is 12.8 Å². The number of carboxylic acids is 1. The molecule has 0 aromatic carbocycles. The quantitative estimate of drug-likeness (QED) is 0.661. The number of carboxylic acid groups (broad SMARTS) is 1. The fraction of sp³-hybridized carbons (Fsp3) is 0.500. The van der Waals surface area contributed by atoms with Gasteiger partial charge in [-0.2, -0.15) is 0 Å². The molecule has 0 aliphatic carbocycles. The zero-order valence-electron chi connectivity index (χ0n) is 8.94. The third kappa shape index (κ3) is 2.79. The number of hydrogen-bond donors (Lipinski definition) is 1. The minimum absolute atomic E-state index is 0.110. The molecule has 1 aliphatic rings. The van der Waals surface area contributed by atoms with E-state index in [0.717, 1.165) is 0 Å². The highest BCUT2D eigenvalue weighted by molar-refractivity contribution is 6.33. The first-order valence-corrected chi connectivity index (χ1v) is 5.99. The molecule has 2 rings (SSSR count). The van der Waals surface area contributed by atoms with Gasteiger partial charge >= 0.3 is 5.97 Å². The molecule has 0 radical (unpaired) electrons. The molecule has 7 heteroatoms. The Morgan fingerprint density at radius 3 is 2.59 bits per heavy atom. The van der Waals surface area contributed by atoms with Crippen molar-refractivity contribution >= 4 is 34.9 Å². The molecule has 0 unspecified atom stereocenters. The van der Waals surface area contributed by atoms with E-state index >= 15 is 0 Å². The molecular weight excluding hydrogens is 265 g/mol. The molecule has 5 nitrogen and oxygen atoms in total. The van der Waals surface area contributed by atoms with Crippen molar-refractivity contribution in [2.75, 3.05) is 18.0 Å². The normalized spacial score (nSPS) is 17.2. The van der Waals surface area contributed by atoms with E-state index in [0.29, 0.717) is 36.8 Å². The van der Waals surface area contributed by atoms with Gasteiger partial charge in [0.05, 0.1) is 17.8 Å². The summed E-state index contributed by atoms with van der Waals surface area (Å²) in [6, 6.07) is 0. The largest absolute Gasteiger partial charge is 0.481 e. The van der Waals surface area contributed by atoms with Gasteiger partial charge in [0.2, 0.25) is 5.28 Å². The number of aliphatic carboxylic acids is 1. The lowest BCUT2D eigenvalue weighted by atomic mass is 9.97. The Bertz CT molecular complexity index is 434. The summed E-state index contributed by atoms with van der Waals surface area (Å²) in [7, 11) is 0. The number of aromatic nitrogens is 2. The van der Waals surface area contributed by atoms with E-state index < -0.39 is 5.97 Å². The van der Waals surface area contributed by atoms with Crippen LogP contribution in [0.15, 0.2) is 6.20 Å². The molecular formula is C10H11Cl2N3O2. The SMILES string of the molecule is O=C(O)C1CCN(c2cnc(Cl)nc2Cl)CC1. The standard InChI is InChI=1S/C10H11Cl2N3O2/c11-8-7(5-13-10(12)14-8)15-3-1-6(2-4-15)9(16)17/h5-6H,1-4H2,(H,16,17). The van der Waals surface area contributed by atoms with Gasteiger partial charge in [-0.05, 0) is 24.4 Å². The summed E-state index contributed by atoms with van der Waals surface area (Å²) < 4.78 is 0. The predicted molar refractivity (Wildman–Crippen MR) is 64.6 cm³/mol. The molecule has 1 fully saturated rings. The lowest BCUT2D eigenvalue weighted by Gasteiger charge is -2.31. The van der Waals surface area contributed by atoms with E-state index in [2.05, 4.69) is 9.97 Å². The molecule has 1 N–H and O–H groups in total. The van der Waals surface area contributed by atoms with Crippen LogP contribution in [0.3, 0.4) is 0 Å². The summed E-state index contributed by atoms with van der Waals surface area (Å²) >= 11 is 11.6. The Balaban J connectivity index is 2.08. The molecule has 1 aromatic rings. The van der Waals surface area contributed by atoms with E-state index in [1.54, 1.807) is 6.20 Å². The first kappa shape index (κ1) is 12.4. The number of anilines is 1. The summed E-state index contributed by atoms with van der Waals surface area (Å²) in [5.74, 6) is -0.999. The fourth-order valence-electron chi connectivity index (χ4n) is 1.91. The van der Waals surface area contributed by atoms with Gasteiger partial charge in [-0.1, -0.05) is 11.6 Å². The Morgan fingerprint density at radius 2 is 2.06 bits per heavy atom. The number of piperidine rings is 1. The van der Waals surface area contributed by atoms with Crippen molar-refractivity contribution < 1.29 is 9.90 Å². The van der Waals surface area contributed by atoms with E-state index in [4.69, 9.17) is 28.3 Å². The second-order valence-corrected chi connectivity index (χ2v) is 4.61. The number of carbonyl (C=O) groups is 1. The van der Waals surface area contributed by atoms with E-state index in [1.165, 1.54) is 0 Å². The van der Waals surface area contributed by atoms with Gasteiger partial charge in [0.15, 0.2) is 5.15 Å². The van der Waals surface area contributed by atoms with Crippen molar-refractivity contribution in [3.63, 3.8) is 0 Å². The molecule has 1 aromatic heterocycles. The minimum Gasteiger partial charge on any atom is -0.481 e. The van der Waals surface area contributed by atoms with Crippen LogP contribution in [-0.4, -0.2) is 34.1 Å². The number of halogens is 2. The van der Waals surface area contributed by atoms with Gasteiger partial charge in [-0.15, -0.1) is 0 Å². The maximum absolute atomic E-state index is 10.8. The molecule has 1 saturated heterocycles. The van der Waals surface area contributed by atoms with Crippen molar-refractivity contribution in [3.05, 3.63) is 16.6 Å². The first-order valence-electron chi connectivity index (χ1n) is 5.23. The van der Waals surface area contributed by atoms with Crippen LogP contribution in [0.1, 0.15) is 12.8 Å². The molecule has 17 heavy (non-hydrogen) atoms. The second kappa shape index (κ2) is 5.06. The second-order valence-electron chi connectivity index (χ2n) is 3.91. The molecule has 0 atom stereocenters. The van der Waals surface area contributed by atoms with Crippen LogP contribution in [-0.2, 0) is 4.79 Å². The molecule has 2 heterocycles. The Hall–Kier alpha value is -1.07. The van der Waals surface area contributed by atoms with Crippen molar-refractivity contribution in [1.29, 1.82) is 0 Å². The Morgan fingerprint density at radius 1 is 1.41 bits per heavy atom. The average Bonchev–Trinajstić information content (AvgIpc) is 2.29. The van der Waals surface area contributed by atoms with Gasteiger partial charge in [0, 0.05) is 13.1 Å². The molecule has 0 saturated carbocycles. The van der Waals surface area contributed by atoms with E-state index in [9.17, 15) is 4.79 Å². The summed E-state index contributed by atoms with van der Waals surface area (Å²) in [6.45, 7) is 1.28. The van der Waals surface area contributed by atoms with Crippen molar-refractivity contribution in [2.24, 2.45) is 5.92 Å². The van der Waals surface area contributed by atoms with E-state index in [-0.39, 0.29) is 11.2 Å². The summed E-state index contributed by atoms with van der Waals surface area (Å²) in [6.07, 6.45) is 2.78. The molecule has 0 spiro atoms. The van der Waals surface area contributed by atoms with Crippen LogP contribution in [0.4, 0.5) is 5.69 Å². The van der Waals surface area contributed by atoms with Gasteiger partial charge in [-0.25, -0.2) is 9.97 Å². The summed E-state index contributed by atoms with van der Waals surface area (Å²) in [4.78, 5) is 20.6. The van der Waals surface area contributed by atoms with Gasteiger partial charge < -0.3 is 10.0 Å². The van der Waals surface area contributed by atoms with Crippen LogP contribution in [0, 0.1) is 5.92 Å².